The standard InChI is InChI=1S/C21H42N2/c1-5-16-7-11-18(12-8-16)20(15-22-3)21(23-4)19-13-9-17(6-2)10-14-19/h16-23H,5-15H2,1-4H3. The molecule has 2 aliphatic carbocycles. The average Bonchev–Trinajstić information content (AvgIpc) is 2.62. The number of nitrogens with one attached hydrogen (secondary N) is 2. The second-order valence-electron chi connectivity index (χ2n) is 8.41. The molecular weight excluding hydrogens is 280 g/mol. The van der Waals surface area contributed by atoms with Gasteiger partial charge in [0.25, 0.3) is 0 Å². The summed E-state index contributed by atoms with van der Waals surface area (Å²) in [6.45, 7) is 5.94. The van der Waals surface area contributed by atoms with Gasteiger partial charge in [-0.15, -0.1) is 0 Å². The Bertz CT molecular complexity index is 301. The van der Waals surface area contributed by atoms with E-state index in [9.17, 15) is 0 Å². The highest BCUT2D eigenvalue weighted by atomic mass is 14.9. The van der Waals surface area contributed by atoms with Crippen molar-refractivity contribution in [1.29, 1.82) is 0 Å². The summed E-state index contributed by atoms with van der Waals surface area (Å²) in [5.74, 6) is 4.68. The molecule has 0 aromatic carbocycles. The van der Waals surface area contributed by atoms with E-state index in [0.717, 1.165) is 35.6 Å². The summed E-state index contributed by atoms with van der Waals surface area (Å²) in [7, 11) is 4.36. The zero-order chi connectivity index (χ0) is 16.7. The maximum atomic E-state index is 3.77. The molecule has 23 heavy (non-hydrogen) atoms. The molecule has 2 nitrogen and oxygen atoms in total. The molecule has 2 rings (SSSR count). The average molecular weight is 323 g/mol. The van der Waals surface area contributed by atoms with Gasteiger partial charge in [0, 0.05) is 6.04 Å². The van der Waals surface area contributed by atoms with Crippen molar-refractivity contribution in [3.05, 3.63) is 0 Å². The summed E-state index contributed by atoms with van der Waals surface area (Å²) >= 11 is 0. The highest BCUT2D eigenvalue weighted by Gasteiger charge is 2.36. The number of hydrogen-bond donors (Lipinski definition) is 2. The van der Waals surface area contributed by atoms with Crippen LogP contribution in [0.5, 0.6) is 0 Å². The van der Waals surface area contributed by atoms with Crippen LogP contribution in [0.1, 0.15) is 78.1 Å². The third-order valence-corrected chi connectivity index (χ3v) is 7.29. The van der Waals surface area contributed by atoms with Gasteiger partial charge in [0.05, 0.1) is 0 Å². The van der Waals surface area contributed by atoms with E-state index in [0.29, 0.717) is 0 Å². The molecule has 2 atom stereocenters. The monoisotopic (exact) mass is 322 g/mol. The predicted molar refractivity (Wildman–Crippen MR) is 102 cm³/mol. The van der Waals surface area contributed by atoms with E-state index < -0.39 is 0 Å². The van der Waals surface area contributed by atoms with Gasteiger partial charge in [-0.1, -0.05) is 52.4 Å². The predicted octanol–water partition coefficient (Wildman–Crippen LogP) is 4.84. The summed E-state index contributed by atoms with van der Waals surface area (Å²) in [5.41, 5.74) is 0. The van der Waals surface area contributed by atoms with E-state index in [1.165, 1.54) is 70.8 Å². The normalized spacial score (nSPS) is 35.0. The van der Waals surface area contributed by atoms with Crippen LogP contribution in [0.25, 0.3) is 0 Å². The van der Waals surface area contributed by atoms with E-state index in [1.54, 1.807) is 0 Å². The van der Waals surface area contributed by atoms with E-state index >= 15 is 0 Å². The van der Waals surface area contributed by atoms with Crippen LogP contribution < -0.4 is 10.6 Å². The first kappa shape index (κ1) is 19.2. The lowest BCUT2D eigenvalue weighted by molar-refractivity contribution is 0.113. The van der Waals surface area contributed by atoms with E-state index in [4.69, 9.17) is 0 Å². The molecule has 0 aliphatic heterocycles. The van der Waals surface area contributed by atoms with Gasteiger partial charge < -0.3 is 10.6 Å². The van der Waals surface area contributed by atoms with Gasteiger partial charge in [0.2, 0.25) is 0 Å². The highest BCUT2D eigenvalue weighted by molar-refractivity contribution is 4.91. The van der Waals surface area contributed by atoms with E-state index in [-0.39, 0.29) is 0 Å². The van der Waals surface area contributed by atoms with Crippen LogP contribution in [0.2, 0.25) is 0 Å². The molecule has 0 heterocycles. The van der Waals surface area contributed by atoms with Gasteiger partial charge in [-0.25, -0.2) is 0 Å². The van der Waals surface area contributed by atoms with Crippen LogP contribution in [-0.2, 0) is 0 Å². The SMILES string of the molecule is CCC1CCC(C(CNC)C(NC)C2CCC(CC)CC2)CC1. The summed E-state index contributed by atoms with van der Waals surface area (Å²) in [6.07, 6.45) is 14.5. The maximum absolute atomic E-state index is 3.77. The largest absolute Gasteiger partial charge is 0.319 e. The fourth-order valence-electron chi connectivity index (χ4n) is 5.60. The molecular formula is C21H42N2. The van der Waals surface area contributed by atoms with Gasteiger partial charge in [-0.05, 0) is 75.9 Å². The Balaban J connectivity index is 1.96. The van der Waals surface area contributed by atoms with Gasteiger partial charge in [-0.3, -0.25) is 0 Å². The lowest BCUT2D eigenvalue weighted by atomic mass is 9.67. The summed E-state index contributed by atoms with van der Waals surface area (Å²) < 4.78 is 0. The zero-order valence-electron chi connectivity index (χ0n) is 16.2. The molecule has 0 spiro atoms. The third kappa shape index (κ3) is 5.19. The molecule has 0 radical (unpaired) electrons. The lowest BCUT2D eigenvalue weighted by Crippen LogP contribution is -2.48. The van der Waals surface area contributed by atoms with Gasteiger partial charge >= 0.3 is 0 Å². The summed E-state index contributed by atoms with van der Waals surface area (Å²) in [6, 6.07) is 0.725. The number of rotatable bonds is 8. The van der Waals surface area contributed by atoms with E-state index in [1.807, 2.05) is 0 Å². The van der Waals surface area contributed by atoms with Crippen molar-refractivity contribution in [2.24, 2.45) is 29.6 Å². The van der Waals surface area contributed by atoms with Crippen molar-refractivity contribution in [2.45, 2.75) is 84.1 Å². The molecule has 2 aliphatic rings. The molecule has 0 saturated heterocycles. The van der Waals surface area contributed by atoms with E-state index in [2.05, 4.69) is 38.6 Å². The van der Waals surface area contributed by atoms with Crippen LogP contribution in [0.3, 0.4) is 0 Å². The van der Waals surface area contributed by atoms with Crippen LogP contribution in [0.4, 0.5) is 0 Å². The van der Waals surface area contributed by atoms with Crippen LogP contribution in [0, 0.1) is 29.6 Å². The topological polar surface area (TPSA) is 24.1 Å². The second kappa shape index (κ2) is 10.0. The van der Waals surface area contributed by atoms with Crippen molar-refractivity contribution >= 4 is 0 Å². The fraction of sp³-hybridized carbons (Fsp3) is 1.00. The Kier molecular flexibility index (Phi) is 8.40. The Morgan fingerprint density at radius 3 is 1.61 bits per heavy atom. The molecule has 2 fully saturated rings. The quantitative estimate of drug-likeness (QED) is 0.668. The molecule has 0 aromatic heterocycles. The van der Waals surface area contributed by atoms with Crippen LogP contribution in [-0.4, -0.2) is 26.7 Å². The Morgan fingerprint density at radius 1 is 0.739 bits per heavy atom. The number of hydrogen-bond acceptors (Lipinski definition) is 2. The zero-order valence-corrected chi connectivity index (χ0v) is 16.2. The van der Waals surface area contributed by atoms with Crippen LogP contribution >= 0.6 is 0 Å². The maximum Gasteiger partial charge on any atom is 0.0135 e. The molecule has 2 unspecified atom stereocenters. The van der Waals surface area contributed by atoms with Crippen molar-refractivity contribution in [3.8, 4) is 0 Å². The summed E-state index contributed by atoms with van der Waals surface area (Å²) in [4.78, 5) is 0. The van der Waals surface area contributed by atoms with Crippen molar-refractivity contribution in [1.82, 2.24) is 10.6 Å². The van der Waals surface area contributed by atoms with Crippen molar-refractivity contribution < 1.29 is 0 Å². The molecule has 136 valence electrons. The summed E-state index contributed by atoms with van der Waals surface area (Å²) in [5, 5.41) is 7.30. The molecule has 0 aromatic rings. The van der Waals surface area contributed by atoms with Gasteiger partial charge in [-0.2, -0.15) is 0 Å². The molecule has 0 bridgehead atoms. The second-order valence-corrected chi connectivity index (χ2v) is 8.41. The minimum Gasteiger partial charge on any atom is -0.319 e. The molecule has 2 saturated carbocycles. The molecule has 0 amide bonds. The first-order chi connectivity index (χ1) is 11.2. The van der Waals surface area contributed by atoms with Crippen LogP contribution in [0.15, 0.2) is 0 Å². The third-order valence-electron chi connectivity index (χ3n) is 7.29. The fourth-order valence-corrected chi connectivity index (χ4v) is 5.60. The Labute approximate surface area is 145 Å². The lowest BCUT2D eigenvalue weighted by Gasteiger charge is -2.43. The minimum absolute atomic E-state index is 0.725. The van der Waals surface area contributed by atoms with Crippen molar-refractivity contribution in [2.75, 3.05) is 20.6 Å². The van der Waals surface area contributed by atoms with Gasteiger partial charge in [0.1, 0.15) is 0 Å². The Morgan fingerprint density at radius 2 is 1.22 bits per heavy atom. The smallest absolute Gasteiger partial charge is 0.0135 e. The molecule has 2 N–H and O–H groups in total. The first-order valence-electron chi connectivity index (χ1n) is 10.5. The Hall–Kier alpha value is -0.0800. The van der Waals surface area contributed by atoms with Crippen molar-refractivity contribution in [3.63, 3.8) is 0 Å². The first-order valence-corrected chi connectivity index (χ1v) is 10.5. The molecule has 2 heteroatoms. The highest BCUT2D eigenvalue weighted by Crippen LogP contribution is 2.40. The minimum atomic E-state index is 0.725. The van der Waals surface area contributed by atoms with Gasteiger partial charge in [0.15, 0.2) is 0 Å².